The van der Waals surface area contributed by atoms with Crippen LogP contribution < -0.4 is 5.32 Å². The average molecular weight is 282 g/mol. The lowest BCUT2D eigenvalue weighted by atomic mass is 9.77. The van der Waals surface area contributed by atoms with Crippen molar-refractivity contribution in [1.82, 2.24) is 9.97 Å². The van der Waals surface area contributed by atoms with Gasteiger partial charge in [0.25, 0.3) is 0 Å². The van der Waals surface area contributed by atoms with Crippen molar-refractivity contribution in [1.29, 1.82) is 0 Å². The maximum absolute atomic E-state index is 6.25. The second-order valence-corrected chi connectivity index (χ2v) is 6.49. The molecule has 2 atom stereocenters. The van der Waals surface area contributed by atoms with Gasteiger partial charge in [-0.05, 0) is 24.7 Å². The minimum atomic E-state index is 0.00181. The van der Waals surface area contributed by atoms with E-state index in [1.807, 2.05) is 0 Å². The molecule has 1 aromatic heterocycles. The Kier molecular flexibility index (Phi) is 4.67. The summed E-state index contributed by atoms with van der Waals surface area (Å²) in [6.45, 7) is 6.60. The second-order valence-electron chi connectivity index (χ2n) is 6.22. The maximum atomic E-state index is 6.25. The Labute approximate surface area is 121 Å². The Morgan fingerprint density at radius 1 is 1.47 bits per heavy atom. The highest BCUT2D eigenvalue weighted by atomic mass is 35.5. The van der Waals surface area contributed by atoms with Crippen molar-refractivity contribution < 1.29 is 0 Å². The highest BCUT2D eigenvalue weighted by Gasteiger charge is 2.34. The van der Waals surface area contributed by atoms with Crippen LogP contribution in [0.1, 0.15) is 58.1 Å². The van der Waals surface area contributed by atoms with Crippen molar-refractivity contribution in [3.8, 4) is 0 Å². The third-order valence-corrected chi connectivity index (χ3v) is 4.53. The summed E-state index contributed by atoms with van der Waals surface area (Å²) in [6, 6.07) is 2.05. The van der Waals surface area contributed by atoms with Gasteiger partial charge in [-0.2, -0.15) is 0 Å². The quantitative estimate of drug-likeness (QED) is 0.841. The van der Waals surface area contributed by atoms with Crippen molar-refractivity contribution >= 4 is 17.4 Å². The lowest BCUT2D eigenvalue weighted by molar-refractivity contribution is 0.279. The van der Waals surface area contributed by atoms with Crippen molar-refractivity contribution in [3.05, 3.63) is 18.1 Å². The normalized spacial score (nSPS) is 27.5. The first-order valence-corrected chi connectivity index (χ1v) is 7.74. The fourth-order valence-corrected chi connectivity index (χ4v) is 3.27. The van der Waals surface area contributed by atoms with Crippen LogP contribution in [-0.2, 0) is 0 Å². The molecule has 1 heterocycles. The number of nitrogens with zero attached hydrogens (tertiary/aromatic N) is 2. The molecule has 0 amide bonds. The Hall–Kier alpha value is -0.830. The molecule has 0 saturated heterocycles. The van der Waals surface area contributed by atoms with E-state index in [4.69, 9.17) is 11.6 Å². The molecule has 2 rings (SSSR count). The topological polar surface area (TPSA) is 37.8 Å². The number of hydrogen-bond donors (Lipinski definition) is 1. The van der Waals surface area contributed by atoms with Crippen LogP contribution in [-0.4, -0.2) is 21.4 Å². The largest absolute Gasteiger partial charge is 0.363 e. The van der Waals surface area contributed by atoms with E-state index >= 15 is 0 Å². The van der Waals surface area contributed by atoms with Crippen LogP contribution in [0.2, 0.25) is 0 Å². The Morgan fingerprint density at radius 2 is 2.26 bits per heavy atom. The standard InChI is InChI=1S/C15H24ClN3/c1-11(2)13-7-14(18-10-17-13)19-15(9-16)6-4-5-12(3)8-15/h7,10-12H,4-6,8-9H2,1-3H3,(H,17,18,19). The van der Waals surface area contributed by atoms with E-state index in [0.717, 1.165) is 30.3 Å². The van der Waals surface area contributed by atoms with Crippen LogP contribution in [0.15, 0.2) is 12.4 Å². The van der Waals surface area contributed by atoms with Crippen molar-refractivity contribution in [2.24, 2.45) is 5.92 Å². The third kappa shape index (κ3) is 3.59. The molecule has 4 heteroatoms. The molecule has 0 aliphatic heterocycles. The van der Waals surface area contributed by atoms with Gasteiger partial charge >= 0.3 is 0 Å². The van der Waals surface area contributed by atoms with E-state index in [1.54, 1.807) is 6.33 Å². The molecule has 1 aromatic rings. The smallest absolute Gasteiger partial charge is 0.130 e. The highest BCUT2D eigenvalue weighted by molar-refractivity contribution is 6.18. The predicted molar refractivity (Wildman–Crippen MR) is 80.8 cm³/mol. The second kappa shape index (κ2) is 6.08. The Morgan fingerprint density at radius 3 is 2.89 bits per heavy atom. The lowest BCUT2D eigenvalue weighted by Crippen LogP contribution is -2.44. The number of anilines is 1. The molecule has 2 unspecified atom stereocenters. The number of halogens is 1. The summed E-state index contributed by atoms with van der Waals surface area (Å²) >= 11 is 6.25. The summed E-state index contributed by atoms with van der Waals surface area (Å²) in [5, 5.41) is 3.59. The minimum Gasteiger partial charge on any atom is -0.363 e. The molecule has 1 aliphatic rings. The zero-order chi connectivity index (χ0) is 13.9. The molecule has 0 spiro atoms. The molecule has 0 aromatic carbocycles. The van der Waals surface area contributed by atoms with E-state index in [1.165, 1.54) is 12.8 Å². The molecule has 1 N–H and O–H groups in total. The maximum Gasteiger partial charge on any atom is 0.130 e. The molecule has 0 bridgehead atoms. The van der Waals surface area contributed by atoms with Gasteiger partial charge in [0, 0.05) is 17.6 Å². The van der Waals surface area contributed by atoms with E-state index in [-0.39, 0.29) is 5.54 Å². The molecular formula is C15H24ClN3. The van der Waals surface area contributed by atoms with Gasteiger partial charge in [0.2, 0.25) is 0 Å². The van der Waals surface area contributed by atoms with Gasteiger partial charge in [-0.15, -0.1) is 11.6 Å². The molecule has 3 nitrogen and oxygen atoms in total. The number of aromatic nitrogens is 2. The number of alkyl halides is 1. The third-order valence-electron chi connectivity index (χ3n) is 4.02. The first-order valence-electron chi connectivity index (χ1n) is 7.21. The van der Waals surface area contributed by atoms with Gasteiger partial charge in [0.05, 0.1) is 5.54 Å². The van der Waals surface area contributed by atoms with Gasteiger partial charge < -0.3 is 5.32 Å². The molecule has 1 saturated carbocycles. The summed E-state index contributed by atoms with van der Waals surface area (Å²) < 4.78 is 0. The van der Waals surface area contributed by atoms with E-state index in [0.29, 0.717) is 11.8 Å². The zero-order valence-corrected chi connectivity index (χ0v) is 12.9. The zero-order valence-electron chi connectivity index (χ0n) is 12.1. The first-order chi connectivity index (χ1) is 9.04. The summed E-state index contributed by atoms with van der Waals surface area (Å²) in [5.74, 6) is 2.69. The van der Waals surface area contributed by atoms with Gasteiger partial charge in [0.15, 0.2) is 0 Å². The average Bonchev–Trinajstić information content (AvgIpc) is 2.39. The number of rotatable bonds is 4. The molecular weight excluding hydrogens is 258 g/mol. The predicted octanol–water partition coefficient (Wildman–Crippen LogP) is 4.20. The van der Waals surface area contributed by atoms with E-state index in [9.17, 15) is 0 Å². The van der Waals surface area contributed by atoms with Crippen LogP contribution in [0, 0.1) is 5.92 Å². The highest BCUT2D eigenvalue weighted by Crippen LogP contribution is 2.35. The van der Waals surface area contributed by atoms with Crippen LogP contribution in [0.5, 0.6) is 0 Å². The van der Waals surface area contributed by atoms with E-state index < -0.39 is 0 Å². The van der Waals surface area contributed by atoms with Crippen LogP contribution >= 0.6 is 11.6 Å². The van der Waals surface area contributed by atoms with Gasteiger partial charge in [-0.1, -0.05) is 33.6 Å². The number of hydrogen-bond acceptors (Lipinski definition) is 3. The fourth-order valence-electron chi connectivity index (χ4n) is 2.96. The van der Waals surface area contributed by atoms with Crippen LogP contribution in [0.4, 0.5) is 5.82 Å². The molecule has 1 aliphatic carbocycles. The van der Waals surface area contributed by atoms with Crippen LogP contribution in [0.25, 0.3) is 0 Å². The Balaban J connectivity index is 2.15. The summed E-state index contributed by atoms with van der Waals surface area (Å²) in [7, 11) is 0. The minimum absolute atomic E-state index is 0.00181. The van der Waals surface area contributed by atoms with Crippen molar-refractivity contribution in [2.45, 2.75) is 57.9 Å². The summed E-state index contributed by atoms with van der Waals surface area (Å²) in [4.78, 5) is 8.66. The Bertz CT molecular complexity index is 422. The SMILES string of the molecule is CC1CCCC(CCl)(Nc2cc(C(C)C)ncn2)C1. The monoisotopic (exact) mass is 281 g/mol. The molecule has 0 radical (unpaired) electrons. The van der Waals surface area contributed by atoms with Gasteiger partial charge in [-0.25, -0.2) is 9.97 Å². The molecule has 106 valence electrons. The van der Waals surface area contributed by atoms with Gasteiger partial charge in [0.1, 0.15) is 12.1 Å². The van der Waals surface area contributed by atoms with E-state index in [2.05, 4.69) is 42.1 Å². The van der Waals surface area contributed by atoms with Gasteiger partial charge in [-0.3, -0.25) is 0 Å². The van der Waals surface area contributed by atoms with Crippen LogP contribution in [0.3, 0.4) is 0 Å². The molecule has 1 fully saturated rings. The number of nitrogens with one attached hydrogen (secondary N) is 1. The summed E-state index contributed by atoms with van der Waals surface area (Å²) in [5.41, 5.74) is 1.08. The van der Waals surface area contributed by atoms with Crippen molar-refractivity contribution in [2.75, 3.05) is 11.2 Å². The lowest BCUT2D eigenvalue weighted by Gasteiger charge is -2.39. The molecule has 19 heavy (non-hydrogen) atoms. The first kappa shape index (κ1) is 14.6. The fraction of sp³-hybridized carbons (Fsp3) is 0.733. The van der Waals surface area contributed by atoms with Crippen molar-refractivity contribution in [3.63, 3.8) is 0 Å². The summed E-state index contributed by atoms with van der Waals surface area (Å²) in [6.07, 6.45) is 6.44.